The average molecular weight is 207 g/mol. The van der Waals surface area contributed by atoms with Crippen molar-refractivity contribution in [1.82, 2.24) is 9.38 Å². The minimum absolute atomic E-state index is 0.773. The lowest BCUT2D eigenvalue weighted by atomic mass is 10.3. The molecule has 2 N–H and O–H groups in total. The zero-order valence-corrected chi connectivity index (χ0v) is 8.92. The molecule has 0 radical (unpaired) electrons. The highest BCUT2D eigenvalue weighted by Gasteiger charge is 2.06. The van der Waals surface area contributed by atoms with Crippen molar-refractivity contribution in [2.45, 2.75) is 6.42 Å². The molecule has 3 nitrogen and oxygen atoms in total. The second-order valence-electron chi connectivity index (χ2n) is 3.12. The number of nitrogens with two attached hydrogens (primary N) is 1. The predicted octanol–water partition coefficient (Wildman–Crippen LogP) is 1.82. The van der Waals surface area contributed by atoms with Crippen molar-refractivity contribution < 1.29 is 0 Å². The molecule has 0 saturated heterocycles. The summed E-state index contributed by atoms with van der Waals surface area (Å²) >= 11 is 1.81. The fourth-order valence-corrected chi connectivity index (χ4v) is 1.84. The van der Waals surface area contributed by atoms with Gasteiger partial charge in [0.2, 0.25) is 0 Å². The second-order valence-corrected chi connectivity index (χ2v) is 4.10. The molecule has 74 valence electrons. The number of rotatable bonds is 3. The van der Waals surface area contributed by atoms with Crippen LogP contribution in [0.2, 0.25) is 0 Å². The zero-order chi connectivity index (χ0) is 9.97. The summed E-state index contributed by atoms with van der Waals surface area (Å²) in [4.78, 5) is 4.47. The number of nitrogen functional groups attached to an aromatic ring is 1. The molecule has 0 aromatic carbocycles. The second kappa shape index (κ2) is 3.92. The number of hydrogen-bond donors (Lipinski definition) is 1. The van der Waals surface area contributed by atoms with E-state index < -0.39 is 0 Å². The maximum absolute atomic E-state index is 5.97. The minimum atomic E-state index is 0.773. The van der Waals surface area contributed by atoms with E-state index in [1.807, 2.05) is 40.6 Å². The maximum atomic E-state index is 5.97. The summed E-state index contributed by atoms with van der Waals surface area (Å²) in [6, 6.07) is 5.91. The Balaban J connectivity index is 2.41. The Morgan fingerprint density at radius 2 is 2.36 bits per heavy atom. The highest BCUT2D eigenvalue weighted by Crippen LogP contribution is 2.15. The molecule has 2 rings (SSSR count). The monoisotopic (exact) mass is 207 g/mol. The van der Waals surface area contributed by atoms with Crippen LogP contribution in [0.5, 0.6) is 0 Å². The van der Waals surface area contributed by atoms with E-state index in [0.717, 1.165) is 29.3 Å². The van der Waals surface area contributed by atoms with E-state index in [4.69, 9.17) is 5.73 Å². The molecule has 2 aromatic rings. The van der Waals surface area contributed by atoms with Crippen LogP contribution in [0.25, 0.3) is 5.65 Å². The van der Waals surface area contributed by atoms with Gasteiger partial charge in [-0.15, -0.1) is 0 Å². The molecule has 0 amide bonds. The quantitative estimate of drug-likeness (QED) is 0.835. The van der Waals surface area contributed by atoms with Crippen LogP contribution in [-0.4, -0.2) is 21.4 Å². The highest BCUT2D eigenvalue weighted by molar-refractivity contribution is 7.98. The zero-order valence-electron chi connectivity index (χ0n) is 8.10. The van der Waals surface area contributed by atoms with E-state index >= 15 is 0 Å². The SMILES string of the molecule is CSCCc1nc2ccccn2c1N. The number of aromatic nitrogens is 2. The van der Waals surface area contributed by atoms with E-state index in [1.165, 1.54) is 0 Å². The van der Waals surface area contributed by atoms with Crippen LogP contribution >= 0.6 is 11.8 Å². The Morgan fingerprint density at radius 3 is 3.07 bits per heavy atom. The molecule has 0 aliphatic carbocycles. The summed E-state index contributed by atoms with van der Waals surface area (Å²) < 4.78 is 1.93. The first-order valence-corrected chi connectivity index (χ1v) is 5.92. The van der Waals surface area contributed by atoms with E-state index in [9.17, 15) is 0 Å². The van der Waals surface area contributed by atoms with Crippen molar-refractivity contribution in [3.63, 3.8) is 0 Å². The van der Waals surface area contributed by atoms with Gasteiger partial charge in [0.15, 0.2) is 0 Å². The van der Waals surface area contributed by atoms with Gasteiger partial charge in [-0.1, -0.05) is 6.07 Å². The molecular formula is C10H13N3S. The number of imidazole rings is 1. The van der Waals surface area contributed by atoms with Gasteiger partial charge in [0.05, 0.1) is 5.69 Å². The van der Waals surface area contributed by atoms with Gasteiger partial charge in [0.25, 0.3) is 0 Å². The number of pyridine rings is 1. The van der Waals surface area contributed by atoms with Gasteiger partial charge in [-0.3, -0.25) is 4.40 Å². The summed E-state index contributed by atoms with van der Waals surface area (Å²) in [6.45, 7) is 0. The van der Waals surface area contributed by atoms with Gasteiger partial charge in [-0.2, -0.15) is 11.8 Å². The van der Waals surface area contributed by atoms with Crippen LogP contribution in [0.15, 0.2) is 24.4 Å². The molecule has 0 atom stereocenters. The van der Waals surface area contributed by atoms with E-state index in [1.54, 1.807) is 0 Å². The van der Waals surface area contributed by atoms with Crippen molar-refractivity contribution in [2.24, 2.45) is 0 Å². The first kappa shape index (κ1) is 9.40. The largest absolute Gasteiger partial charge is 0.383 e. The molecule has 0 aliphatic rings. The fraction of sp³-hybridized carbons (Fsp3) is 0.300. The smallest absolute Gasteiger partial charge is 0.138 e. The van der Waals surface area contributed by atoms with Crippen LogP contribution in [0.3, 0.4) is 0 Å². The molecule has 0 fully saturated rings. The fourth-order valence-electron chi connectivity index (χ4n) is 1.45. The summed E-state index contributed by atoms with van der Waals surface area (Å²) in [6.07, 6.45) is 4.97. The van der Waals surface area contributed by atoms with Crippen LogP contribution in [0, 0.1) is 0 Å². The molecule has 2 aromatic heterocycles. The lowest BCUT2D eigenvalue weighted by molar-refractivity contribution is 1.09. The lowest BCUT2D eigenvalue weighted by Crippen LogP contribution is -1.97. The van der Waals surface area contributed by atoms with Crippen LogP contribution in [0.4, 0.5) is 5.82 Å². The summed E-state index contributed by atoms with van der Waals surface area (Å²) in [7, 11) is 0. The van der Waals surface area contributed by atoms with Gasteiger partial charge >= 0.3 is 0 Å². The van der Waals surface area contributed by atoms with Crippen molar-refractivity contribution in [2.75, 3.05) is 17.7 Å². The molecule has 2 heterocycles. The Hall–Kier alpha value is -1.16. The van der Waals surface area contributed by atoms with Crippen molar-refractivity contribution in [1.29, 1.82) is 0 Å². The lowest BCUT2D eigenvalue weighted by Gasteiger charge is -1.96. The molecule has 0 unspecified atom stereocenters. The molecule has 0 bridgehead atoms. The number of nitrogens with zero attached hydrogens (tertiary/aromatic N) is 2. The van der Waals surface area contributed by atoms with Gasteiger partial charge < -0.3 is 5.73 Å². The number of aryl methyl sites for hydroxylation is 1. The Labute approximate surface area is 87.3 Å². The summed E-state index contributed by atoms with van der Waals surface area (Å²) in [5.74, 6) is 1.84. The van der Waals surface area contributed by atoms with Crippen LogP contribution < -0.4 is 5.73 Å². The first-order valence-electron chi connectivity index (χ1n) is 4.53. The van der Waals surface area contributed by atoms with E-state index in [-0.39, 0.29) is 0 Å². The normalized spacial score (nSPS) is 10.9. The van der Waals surface area contributed by atoms with Crippen LogP contribution in [-0.2, 0) is 6.42 Å². The highest BCUT2D eigenvalue weighted by atomic mass is 32.2. The molecule has 0 aliphatic heterocycles. The van der Waals surface area contributed by atoms with Gasteiger partial charge in [-0.25, -0.2) is 4.98 Å². The van der Waals surface area contributed by atoms with Crippen molar-refractivity contribution in [3.8, 4) is 0 Å². The minimum Gasteiger partial charge on any atom is -0.383 e. The average Bonchev–Trinajstić information content (AvgIpc) is 2.54. The summed E-state index contributed by atoms with van der Waals surface area (Å²) in [5, 5.41) is 0. The summed E-state index contributed by atoms with van der Waals surface area (Å²) in [5.41, 5.74) is 7.91. The number of thioether (sulfide) groups is 1. The van der Waals surface area contributed by atoms with Gasteiger partial charge in [-0.05, 0) is 24.1 Å². The Morgan fingerprint density at radius 1 is 1.50 bits per heavy atom. The maximum Gasteiger partial charge on any atom is 0.138 e. The van der Waals surface area contributed by atoms with Crippen LogP contribution in [0.1, 0.15) is 5.69 Å². The predicted molar refractivity (Wildman–Crippen MR) is 61.7 cm³/mol. The van der Waals surface area contributed by atoms with Crippen molar-refractivity contribution in [3.05, 3.63) is 30.1 Å². The third kappa shape index (κ3) is 1.57. The first-order chi connectivity index (χ1) is 6.83. The topological polar surface area (TPSA) is 43.3 Å². The third-order valence-corrected chi connectivity index (χ3v) is 2.80. The number of fused-ring (bicyclic) bond motifs is 1. The van der Waals surface area contributed by atoms with Crippen molar-refractivity contribution >= 4 is 23.2 Å². The third-order valence-electron chi connectivity index (χ3n) is 2.19. The van der Waals surface area contributed by atoms with Gasteiger partial charge in [0, 0.05) is 12.6 Å². The van der Waals surface area contributed by atoms with E-state index in [0.29, 0.717) is 0 Å². The Bertz CT molecular complexity index is 436. The number of hydrogen-bond acceptors (Lipinski definition) is 3. The van der Waals surface area contributed by atoms with Gasteiger partial charge in [0.1, 0.15) is 11.5 Å². The molecular weight excluding hydrogens is 194 g/mol. The van der Waals surface area contributed by atoms with E-state index in [2.05, 4.69) is 11.2 Å². The molecule has 0 spiro atoms. The molecule has 4 heteroatoms. The molecule has 0 saturated carbocycles. The Kier molecular flexibility index (Phi) is 2.63. The standard InChI is InChI=1S/C10H13N3S/c1-14-7-5-8-10(11)13-6-3-2-4-9(13)12-8/h2-4,6H,5,7,11H2,1H3. The molecule has 14 heavy (non-hydrogen) atoms. The number of anilines is 1.